The number of thiazole rings is 1. The van der Waals surface area contributed by atoms with Crippen LogP contribution in [0.25, 0.3) is 10.2 Å². The third kappa shape index (κ3) is 3.20. The predicted octanol–water partition coefficient (Wildman–Crippen LogP) is 2.71. The maximum atomic E-state index is 12.1. The lowest BCUT2D eigenvalue weighted by atomic mass is 10.3. The van der Waals surface area contributed by atoms with Crippen LogP contribution in [0.1, 0.15) is 23.1 Å². The Morgan fingerprint density at radius 3 is 2.78 bits per heavy atom. The van der Waals surface area contributed by atoms with Crippen molar-refractivity contribution in [2.75, 3.05) is 10.6 Å². The summed E-state index contributed by atoms with van der Waals surface area (Å²) in [6.45, 7) is 1.44. The van der Waals surface area contributed by atoms with Gasteiger partial charge in [-0.2, -0.15) is 5.26 Å². The van der Waals surface area contributed by atoms with Gasteiger partial charge in [-0.3, -0.25) is 14.9 Å². The Morgan fingerprint density at radius 2 is 2.09 bits per heavy atom. The van der Waals surface area contributed by atoms with E-state index < -0.39 is 0 Å². The van der Waals surface area contributed by atoms with Crippen LogP contribution < -0.4 is 10.6 Å². The summed E-state index contributed by atoms with van der Waals surface area (Å²) in [6.07, 6.45) is 0. The van der Waals surface area contributed by atoms with Crippen molar-refractivity contribution in [1.29, 1.82) is 5.26 Å². The number of carbonyl (C=O) groups is 2. The highest BCUT2D eigenvalue weighted by Crippen LogP contribution is 2.28. The molecule has 0 aliphatic carbocycles. The quantitative estimate of drug-likeness (QED) is 0.687. The van der Waals surface area contributed by atoms with Crippen LogP contribution in [0.5, 0.6) is 0 Å². The Balaban J connectivity index is 1.81. The summed E-state index contributed by atoms with van der Waals surface area (Å²) in [6, 6.07) is 10.3. The first kappa shape index (κ1) is 14.7. The molecule has 2 amide bonds. The van der Waals surface area contributed by atoms with Crippen molar-refractivity contribution < 1.29 is 9.59 Å². The number of anilines is 2. The number of fused-ring (bicyclic) bond motifs is 1. The van der Waals surface area contributed by atoms with Gasteiger partial charge in [-0.25, -0.2) is 4.98 Å². The van der Waals surface area contributed by atoms with Gasteiger partial charge in [0.25, 0.3) is 5.91 Å². The first-order valence-electron chi connectivity index (χ1n) is 6.64. The van der Waals surface area contributed by atoms with Crippen molar-refractivity contribution in [2.24, 2.45) is 0 Å². The van der Waals surface area contributed by atoms with E-state index in [4.69, 9.17) is 5.26 Å². The lowest BCUT2D eigenvalue weighted by Gasteiger charge is -1.99. The van der Waals surface area contributed by atoms with Gasteiger partial charge < -0.3 is 10.3 Å². The van der Waals surface area contributed by atoms with Crippen molar-refractivity contribution >= 4 is 44.2 Å². The molecule has 2 heterocycles. The molecule has 0 unspecified atom stereocenters. The molecule has 0 aliphatic rings. The van der Waals surface area contributed by atoms with Crippen molar-refractivity contribution in [3.8, 4) is 6.07 Å². The van der Waals surface area contributed by atoms with Crippen molar-refractivity contribution in [3.05, 3.63) is 41.7 Å². The number of hydrogen-bond donors (Lipinski definition) is 3. The second kappa shape index (κ2) is 5.90. The minimum Gasteiger partial charge on any atom is -0.342 e. The van der Waals surface area contributed by atoms with E-state index in [9.17, 15) is 9.59 Å². The summed E-state index contributed by atoms with van der Waals surface area (Å²) >= 11 is 1.30. The number of nitrogens with zero attached hydrogens (tertiary/aromatic N) is 2. The average Bonchev–Trinajstić information content (AvgIpc) is 3.11. The molecule has 7 nitrogen and oxygen atoms in total. The van der Waals surface area contributed by atoms with Gasteiger partial charge in [0, 0.05) is 12.6 Å². The second-order valence-electron chi connectivity index (χ2n) is 4.73. The Hall–Kier alpha value is -3.18. The highest BCUT2D eigenvalue weighted by atomic mass is 32.1. The van der Waals surface area contributed by atoms with Crippen LogP contribution >= 0.6 is 11.3 Å². The molecular formula is C15H11N5O2S. The summed E-state index contributed by atoms with van der Waals surface area (Å²) in [4.78, 5) is 30.2. The van der Waals surface area contributed by atoms with Gasteiger partial charge in [-0.05, 0) is 30.3 Å². The highest BCUT2D eigenvalue weighted by molar-refractivity contribution is 7.22. The molecule has 0 bridgehead atoms. The van der Waals surface area contributed by atoms with E-state index in [2.05, 4.69) is 20.6 Å². The van der Waals surface area contributed by atoms with Crippen LogP contribution in [-0.2, 0) is 4.79 Å². The van der Waals surface area contributed by atoms with Crippen molar-refractivity contribution in [3.63, 3.8) is 0 Å². The molecule has 8 heteroatoms. The molecule has 3 rings (SSSR count). The van der Waals surface area contributed by atoms with Gasteiger partial charge in [0.05, 0.1) is 10.2 Å². The monoisotopic (exact) mass is 325 g/mol. The summed E-state index contributed by atoms with van der Waals surface area (Å²) in [7, 11) is 0. The third-order valence-electron chi connectivity index (χ3n) is 2.98. The molecule has 114 valence electrons. The second-order valence-corrected chi connectivity index (χ2v) is 5.76. The Kier molecular flexibility index (Phi) is 3.78. The molecule has 0 fully saturated rings. The number of nitrogens with one attached hydrogen (secondary N) is 3. The Labute approximate surface area is 135 Å². The molecule has 0 saturated heterocycles. The predicted molar refractivity (Wildman–Crippen MR) is 87.4 cm³/mol. The molecule has 1 aromatic carbocycles. The lowest BCUT2D eigenvalue weighted by Crippen LogP contribution is -2.12. The Morgan fingerprint density at radius 1 is 1.26 bits per heavy atom. The fourth-order valence-corrected chi connectivity index (χ4v) is 2.92. The number of aromatic nitrogens is 2. The lowest BCUT2D eigenvalue weighted by molar-refractivity contribution is -0.114. The van der Waals surface area contributed by atoms with Crippen LogP contribution in [0.3, 0.4) is 0 Å². The summed E-state index contributed by atoms with van der Waals surface area (Å²) in [5, 5.41) is 14.6. The Bertz CT molecular complexity index is 950. The molecule has 2 aromatic heterocycles. The van der Waals surface area contributed by atoms with Crippen molar-refractivity contribution in [1.82, 2.24) is 9.97 Å². The van der Waals surface area contributed by atoms with Crippen LogP contribution in [-0.4, -0.2) is 21.8 Å². The number of rotatable bonds is 3. The highest BCUT2D eigenvalue weighted by Gasteiger charge is 2.12. The van der Waals surface area contributed by atoms with Gasteiger partial charge in [0.1, 0.15) is 17.5 Å². The SMILES string of the molecule is CC(=O)Nc1ccc2nc(NC(=O)c3ccc(C#N)[nH]3)sc2c1. The molecule has 3 aromatic rings. The molecule has 0 saturated carbocycles. The molecule has 0 spiro atoms. The maximum Gasteiger partial charge on any atom is 0.273 e. The number of amides is 2. The number of nitriles is 1. The number of hydrogen-bond acceptors (Lipinski definition) is 5. The number of H-pyrrole nitrogens is 1. The van der Waals surface area contributed by atoms with E-state index in [0.29, 0.717) is 22.2 Å². The molecule has 0 atom stereocenters. The van der Waals surface area contributed by atoms with Crippen LogP contribution in [0.4, 0.5) is 10.8 Å². The van der Waals surface area contributed by atoms with Crippen molar-refractivity contribution in [2.45, 2.75) is 6.92 Å². The minimum atomic E-state index is -0.368. The first-order chi connectivity index (χ1) is 11.0. The summed E-state index contributed by atoms with van der Waals surface area (Å²) in [5.41, 5.74) is 2.01. The van der Waals surface area contributed by atoms with E-state index in [1.165, 1.54) is 30.4 Å². The normalized spacial score (nSPS) is 10.3. The van der Waals surface area contributed by atoms with Gasteiger partial charge >= 0.3 is 0 Å². The van der Waals surface area contributed by atoms with Gasteiger partial charge in [-0.1, -0.05) is 11.3 Å². The van der Waals surface area contributed by atoms with E-state index in [-0.39, 0.29) is 11.8 Å². The fourth-order valence-electron chi connectivity index (χ4n) is 2.02. The number of benzene rings is 1. The van der Waals surface area contributed by atoms with E-state index in [1.54, 1.807) is 18.2 Å². The summed E-state index contributed by atoms with van der Waals surface area (Å²) < 4.78 is 0.843. The third-order valence-corrected chi connectivity index (χ3v) is 3.91. The fraction of sp³-hybridized carbons (Fsp3) is 0.0667. The molecule has 0 radical (unpaired) electrons. The maximum absolute atomic E-state index is 12.1. The smallest absolute Gasteiger partial charge is 0.273 e. The first-order valence-corrected chi connectivity index (χ1v) is 7.45. The number of carbonyl (C=O) groups excluding carboxylic acids is 2. The molecule has 0 aliphatic heterocycles. The number of aromatic amines is 1. The van der Waals surface area contributed by atoms with Gasteiger partial charge in [0.2, 0.25) is 5.91 Å². The van der Waals surface area contributed by atoms with E-state index in [1.807, 2.05) is 6.07 Å². The molecule has 23 heavy (non-hydrogen) atoms. The summed E-state index contributed by atoms with van der Waals surface area (Å²) in [5.74, 6) is -0.518. The van der Waals surface area contributed by atoms with Crippen LogP contribution in [0.15, 0.2) is 30.3 Å². The van der Waals surface area contributed by atoms with Gasteiger partial charge in [0.15, 0.2) is 5.13 Å². The van der Waals surface area contributed by atoms with Crippen LogP contribution in [0, 0.1) is 11.3 Å². The standard InChI is InChI=1S/C15H11N5O2S/c1-8(21)17-9-2-4-11-13(6-9)23-15(19-11)20-14(22)12-5-3-10(7-16)18-12/h2-6,18H,1H3,(H,17,21)(H,19,20,22). The zero-order valence-electron chi connectivity index (χ0n) is 12.0. The van der Waals surface area contributed by atoms with Crippen LogP contribution in [0.2, 0.25) is 0 Å². The largest absolute Gasteiger partial charge is 0.342 e. The average molecular weight is 325 g/mol. The zero-order chi connectivity index (χ0) is 16.4. The van der Waals surface area contributed by atoms with E-state index >= 15 is 0 Å². The molecule has 3 N–H and O–H groups in total. The minimum absolute atomic E-state index is 0.151. The zero-order valence-corrected chi connectivity index (χ0v) is 12.8. The molecular weight excluding hydrogens is 314 g/mol. The van der Waals surface area contributed by atoms with Gasteiger partial charge in [-0.15, -0.1) is 0 Å². The topological polar surface area (TPSA) is 111 Å². The van der Waals surface area contributed by atoms with E-state index in [0.717, 1.165) is 10.2 Å².